The van der Waals surface area contributed by atoms with Crippen LogP contribution in [0.5, 0.6) is 0 Å². The van der Waals surface area contributed by atoms with Gasteiger partial charge in [-0.2, -0.15) is 0 Å². The maximum absolute atomic E-state index is 12.9. The Bertz CT molecular complexity index is 522. The second kappa shape index (κ2) is 7.98. The molecule has 0 aliphatic carbocycles. The van der Waals surface area contributed by atoms with E-state index in [0.29, 0.717) is 19.3 Å². The van der Waals surface area contributed by atoms with E-state index in [2.05, 4.69) is 5.32 Å². The summed E-state index contributed by atoms with van der Waals surface area (Å²) in [6.45, 7) is 3.49. The highest BCUT2D eigenvalue weighted by Crippen LogP contribution is 2.17. The molecular formula is C15H19ClFNO3. The predicted octanol–water partition coefficient (Wildman–Crippen LogP) is 3.49. The number of halogens is 2. The molecule has 21 heavy (non-hydrogen) atoms. The highest BCUT2D eigenvalue weighted by molar-refractivity contribution is 6.33. The van der Waals surface area contributed by atoms with Gasteiger partial charge in [0.1, 0.15) is 5.82 Å². The van der Waals surface area contributed by atoms with Crippen molar-refractivity contribution in [1.29, 1.82) is 0 Å². The van der Waals surface area contributed by atoms with Gasteiger partial charge in [0.25, 0.3) is 5.91 Å². The molecule has 2 unspecified atom stereocenters. The average molecular weight is 316 g/mol. The van der Waals surface area contributed by atoms with E-state index in [1.165, 1.54) is 12.1 Å². The number of carbonyl (C=O) groups is 2. The first-order valence-corrected chi connectivity index (χ1v) is 7.17. The lowest BCUT2D eigenvalue weighted by atomic mass is 10.0. The molecule has 6 heteroatoms. The fourth-order valence-corrected chi connectivity index (χ4v) is 2.15. The van der Waals surface area contributed by atoms with E-state index in [1.54, 1.807) is 6.92 Å². The van der Waals surface area contributed by atoms with Crippen molar-refractivity contribution in [1.82, 2.24) is 5.32 Å². The van der Waals surface area contributed by atoms with Crippen LogP contribution in [-0.4, -0.2) is 23.0 Å². The van der Waals surface area contributed by atoms with Crippen LogP contribution in [-0.2, 0) is 4.79 Å². The third kappa shape index (κ3) is 5.71. The SMILES string of the molecule is CC(CCCC(C)C(=O)O)NC(=O)c1ccc(F)cc1Cl. The monoisotopic (exact) mass is 315 g/mol. The average Bonchev–Trinajstić information content (AvgIpc) is 2.37. The van der Waals surface area contributed by atoms with Gasteiger partial charge >= 0.3 is 5.97 Å². The molecule has 1 rings (SSSR count). The molecule has 116 valence electrons. The summed E-state index contributed by atoms with van der Waals surface area (Å²) < 4.78 is 12.9. The van der Waals surface area contributed by atoms with Crippen molar-refractivity contribution in [3.8, 4) is 0 Å². The maximum Gasteiger partial charge on any atom is 0.306 e. The third-order valence-electron chi connectivity index (χ3n) is 3.25. The van der Waals surface area contributed by atoms with Crippen LogP contribution in [0.15, 0.2) is 18.2 Å². The summed E-state index contributed by atoms with van der Waals surface area (Å²) in [4.78, 5) is 22.7. The quantitative estimate of drug-likeness (QED) is 0.809. The van der Waals surface area contributed by atoms with Crippen molar-refractivity contribution in [2.75, 3.05) is 0 Å². The molecule has 2 N–H and O–H groups in total. The van der Waals surface area contributed by atoms with Crippen molar-refractivity contribution in [2.24, 2.45) is 5.92 Å². The molecule has 1 amide bonds. The molecule has 0 saturated carbocycles. The Balaban J connectivity index is 2.45. The van der Waals surface area contributed by atoms with Gasteiger partial charge in [0, 0.05) is 6.04 Å². The first-order valence-electron chi connectivity index (χ1n) is 6.80. The first kappa shape index (κ1) is 17.4. The molecule has 0 aliphatic heterocycles. The number of rotatable bonds is 7. The smallest absolute Gasteiger partial charge is 0.306 e. The van der Waals surface area contributed by atoms with Crippen LogP contribution in [0.2, 0.25) is 5.02 Å². The number of carboxylic acids is 1. The summed E-state index contributed by atoms with van der Waals surface area (Å²) in [6.07, 6.45) is 1.93. The van der Waals surface area contributed by atoms with Crippen LogP contribution in [0.25, 0.3) is 0 Å². The summed E-state index contributed by atoms with van der Waals surface area (Å²) in [7, 11) is 0. The summed E-state index contributed by atoms with van der Waals surface area (Å²) >= 11 is 5.82. The maximum atomic E-state index is 12.9. The van der Waals surface area contributed by atoms with Gasteiger partial charge in [-0.1, -0.05) is 24.9 Å². The molecule has 4 nitrogen and oxygen atoms in total. The van der Waals surface area contributed by atoms with Crippen molar-refractivity contribution >= 4 is 23.5 Å². The van der Waals surface area contributed by atoms with E-state index in [4.69, 9.17) is 16.7 Å². The van der Waals surface area contributed by atoms with Crippen molar-refractivity contribution < 1.29 is 19.1 Å². The number of benzene rings is 1. The van der Waals surface area contributed by atoms with E-state index in [1.807, 2.05) is 6.92 Å². The second-order valence-electron chi connectivity index (χ2n) is 5.17. The molecule has 0 aromatic heterocycles. The number of amides is 1. The fourth-order valence-electron chi connectivity index (χ4n) is 1.90. The standard InChI is InChI=1S/C15H19ClFNO3/c1-9(15(20)21)4-3-5-10(2)18-14(19)12-7-6-11(17)8-13(12)16/h6-10H,3-5H2,1-2H3,(H,18,19)(H,20,21). The van der Waals surface area contributed by atoms with Crippen molar-refractivity contribution in [3.05, 3.63) is 34.6 Å². The molecule has 0 spiro atoms. The van der Waals surface area contributed by atoms with Crippen molar-refractivity contribution in [3.63, 3.8) is 0 Å². The zero-order chi connectivity index (χ0) is 16.0. The Labute approximate surface area is 128 Å². The van der Waals surface area contributed by atoms with Gasteiger partial charge in [0.15, 0.2) is 0 Å². The Morgan fingerprint density at radius 3 is 2.57 bits per heavy atom. The Morgan fingerprint density at radius 2 is 2.00 bits per heavy atom. The van der Waals surface area contributed by atoms with E-state index in [-0.39, 0.29) is 28.5 Å². The van der Waals surface area contributed by atoms with E-state index < -0.39 is 11.8 Å². The van der Waals surface area contributed by atoms with Gasteiger partial charge in [-0.3, -0.25) is 9.59 Å². The predicted molar refractivity (Wildman–Crippen MR) is 79.0 cm³/mol. The molecule has 0 aliphatic rings. The fraction of sp³-hybridized carbons (Fsp3) is 0.467. The largest absolute Gasteiger partial charge is 0.481 e. The lowest BCUT2D eigenvalue weighted by Crippen LogP contribution is -2.32. The lowest BCUT2D eigenvalue weighted by Gasteiger charge is -2.15. The van der Waals surface area contributed by atoms with Gasteiger partial charge in [-0.05, 0) is 38.0 Å². The molecule has 1 aromatic rings. The first-order chi connectivity index (χ1) is 9.81. The van der Waals surface area contributed by atoms with Crippen LogP contribution < -0.4 is 5.32 Å². The number of carboxylic acid groups (broad SMARTS) is 1. The number of nitrogens with one attached hydrogen (secondary N) is 1. The van der Waals surface area contributed by atoms with Crippen LogP contribution in [0.4, 0.5) is 4.39 Å². The summed E-state index contributed by atoms with van der Waals surface area (Å²) in [6, 6.07) is 3.50. The van der Waals surface area contributed by atoms with Gasteiger partial charge < -0.3 is 10.4 Å². The Kier molecular flexibility index (Phi) is 6.62. The van der Waals surface area contributed by atoms with Gasteiger partial charge in [-0.25, -0.2) is 4.39 Å². The molecule has 0 bridgehead atoms. The molecule has 0 saturated heterocycles. The molecule has 0 heterocycles. The van der Waals surface area contributed by atoms with Gasteiger partial charge in [0.2, 0.25) is 0 Å². The molecular weight excluding hydrogens is 297 g/mol. The summed E-state index contributed by atoms with van der Waals surface area (Å²) in [5, 5.41) is 11.6. The molecule has 0 fully saturated rings. The van der Waals surface area contributed by atoms with E-state index >= 15 is 0 Å². The van der Waals surface area contributed by atoms with Gasteiger partial charge in [0.05, 0.1) is 16.5 Å². The minimum absolute atomic E-state index is 0.0687. The van der Waals surface area contributed by atoms with Crippen LogP contribution in [0.1, 0.15) is 43.5 Å². The topological polar surface area (TPSA) is 66.4 Å². The van der Waals surface area contributed by atoms with Gasteiger partial charge in [-0.15, -0.1) is 0 Å². The molecule has 2 atom stereocenters. The number of hydrogen-bond acceptors (Lipinski definition) is 2. The van der Waals surface area contributed by atoms with E-state index in [9.17, 15) is 14.0 Å². The molecule has 0 radical (unpaired) electrons. The normalized spacial score (nSPS) is 13.5. The molecule has 1 aromatic carbocycles. The zero-order valence-corrected chi connectivity index (χ0v) is 12.8. The number of aliphatic carboxylic acids is 1. The second-order valence-corrected chi connectivity index (χ2v) is 5.58. The summed E-state index contributed by atoms with van der Waals surface area (Å²) in [5.74, 6) is -2.06. The summed E-state index contributed by atoms with van der Waals surface area (Å²) in [5.41, 5.74) is 0.226. The van der Waals surface area contributed by atoms with Crippen LogP contribution in [0.3, 0.4) is 0 Å². The minimum Gasteiger partial charge on any atom is -0.481 e. The highest BCUT2D eigenvalue weighted by atomic mass is 35.5. The number of hydrogen-bond donors (Lipinski definition) is 2. The highest BCUT2D eigenvalue weighted by Gasteiger charge is 2.15. The third-order valence-corrected chi connectivity index (χ3v) is 3.56. The minimum atomic E-state index is -0.815. The van der Waals surface area contributed by atoms with Crippen molar-refractivity contribution in [2.45, 2.75) is 39.2 Å². The van der Waals surface area contributed by atoms with E-state index in [0.717, 1.165) is 6.07 Å². The number of carbonyl (C=O) groups excluding carboxylic acids is 1. The lowest BCUT2D eigenvalue weighted by molar-refractivity contribution is -0.141. The van der Waals surface area contributed by atoms with Crippen LogP contribution >= 0.6 is 11.6 Å². The van der Waals surface area contributed by atoms with Crippen LogP contribution in [0, 0.1) is 11.7 Å². The zero-order valence-electron chi connectivity index (χ0n) is 12.0. The Hall–Kier alpha value is -1.62. The Morgan fingerprint density at radius 1 is 1.33 bits per heavy atom.